The predicted molar refractivity (Wildman–Crippen MR) is 144 cm³/mol. The van der Waals surface area contributed by atoms with Crippen molar-refractivity contribution in [1.82, 2.24) is 25.3 Å². The number of hydrogen-bond acceptors (Lipinski definition) is 8. The Morgan fingerprint density at radius 3 is 2.31 bits per heavy atom. The number of hydrogen-bond donors (Lipinski definition) is 1. The van der Waals surface area contributed by atoms with Gasteiger partial charge in [-0.1, -0.05) is 37.3 Å². The molecular formula is C28H38N6O2. The van der Waals surface area contributed by atoms with Gasteiger partial charge in [-0.05, 0) is 24.2 Å². The number of methoxy groups -OCH3 is 1. The number of piperazine rings is 2. The van der Waals surface area contributed by atoms with E-state index >= 15 is 0 Å². The van der Waals surface area contributed by atoms with Gasteiger partial charge in [0.1, 0.15) is 6.61 Å². The van der Waals surface area contributed by atoms with Crippen LogP contribution in [0.25, 0.3) is 10.8 Å². The number of likely N-dealkylation sites (N-methyl/N-ethyl adjacent to an activating group) is 1. The van der Waals surface area contributed by atoms with Gasteiger partial charge in [0.15, 0.2) is 17.3 Å². The number of ether oxygens (including phenoxy) is 2. The van der Waals surface area contributed by atoms with E-state index in [2.05, 4.69) is 63.3 Å². The fourth-order valence-corrected chi connectivity index (χ4v) is 5.12. The average Bonchev–Trinajstić information content (AvgIpc) is 2.94. The van der Waals surface area contributed by atoms with Crippen LogP contribution in [0.2, 0.25) is 0 Å². The third kappa shape index (κ3) is 5.72. The van der Waals surface area contributed by atoms with Gasteiger partial charge in [-0.2, -0.15) is 5.10 Å². The van der Waals surface area contributed by atoms with Crippen LogP contribution in [-0.4, -0.2) is 99.2 Å². The van der Waals surface area contributed by atoms with Crippen molar-refractivity contribution in [3.05, 3.63) is 53.7 Å². The van der Waals surface area contributed by atoms with E-state index in [0.29, 0.717) is 6.61 Å². The van der Waals surface area contributed by atoms with Crippen LogP contribution < -0.4 is 19.7 Å². The summed E-state index contributed by atoms with van der Waals surface area (Å²) in [5.74, 6) is 2.44. The first-order chi connectivity index (χ1) is 17.7. The largest absolute Gasteiger partial charge is 0.493 e. The summed E-state index contributed by atoms with van der Waals surface area (Å²) in [4.78, 5) is 7.30. The van der Waals surface area contributed by atoms with Crippen LogP contribution in [0.1, 0.15) is 18.2 Å². The molecule has 0 aliphatic carbocycles. The molecule has 2 fully saturated rings. The van der Waals surface area contributed by atoms with E-state index < -0.39 is 0 Å². The van der Waals surface area contributed by atoms with Crippen LogP contribution in [-0.2, 0) is 6.42 Å². The summed E-state index contributed by atoms with van der Waals surface area (Å²) in [5.41, 5.74) is 2.17. The lowest BCUT2D eigenvalue weighted by atomic mass is 10.0. The Morgan fingerprint density at radius 1 is 0.861 bits per heavy atom. The Hall–Kier alpha value is -2.94. The maximum absolute atomic E-state index is 6.33. The van der Waals surface area contributed by atoms with Gasteiger partial charge >= 0.3 is 0 Å². The lowest BCUT2D eigenvalue weighted by molar-refractivity contribution is 0.120. The van der Waals surface area contributed by atoms with Crippen LogP contribution in [0.5, 0.6) is 11.5 Å². The zero-order chi connectivity index (χ0) is 24.7. The van der Waals surface area contributed by atoms with Crippen molar-refractivity contribution in [3.63, 3.8) is 0 Å². The highest BCUT2D eigenvalue weighted by Crippen LogP contribution is 2.37. The second-order valence-corrected chi connectivity index (χ2v) is 9.54. The van der Waals surface area contributed by atoms with Crippen molar-refractivity contribution >= 4 is 16.6 Å². The highest BCUT2D eigenvalue weighted by Gasteiger charge is 2.21. The molecule has 2 saturated heterocycles. The van der Waals surface area contributed by atoms with E-state index in [-0.39, 0.29) is 0 Å². The number of aromatic nitrogens is 2. The summed E-state index contributed by atoms with van der Waals surface area (Å²) in [7, 11) is 1.71. The van der Waals surface area contributed by atoms with Crippen LogP contribution in [0.15, 0.2) is 42.5 Å². The number of nitrogens with one attached hydrogen (secondary N) is 1. The first kappa shape index (κ1) is 24.7. The van der Waals surface area contributed by atoms with E-state index in [9.17, 15) is 0 Å². The molecule has 2 aliphatic rings. The Morgan fingerprint density at radius 2 is 1.58 bits per heavy atom. The number of fused-ring (bicyclic) bond motifs is 1. The molecule has 0 spiro atoms. The normalized spacial score (nSPS) is 17.4. The van der Waals surface area contributed by atoms with Crippen LogP contribution in [0, 0.1) is 0 Å². The van der Waals surface area contributed by atoms with Gasteiger partial charge in [0.25, 0.3) is 0 Å². The predicted octanol–water partition coefficient (Wildman–Crippen LogP) is 2.66. The summed E-state index contributed by atoms with van der Waals surface area (Å²) in [6.07, 6.45) is 0.721. The van der Waals surface area contributed by atoms with Crippen molar-refractivity contribution in [2.45, 2.75) is 13.3 Å². The topological polar surface area (TPSA) is 66.0 Å². The summed E-state index contributed by atoms with van der Waals surface area (Å²) >= 11 is 0. The maximum Gasteiger partial charge on any atom is 0.161 e. The van der Waals surface area contributed by atoms with E-state index in [1.807, 2.05) is 6.07 Å². The molecule has 0 unspecified atom stereocenters. The molecule has 192 valence electrons. The fourth-order valence-electron chi connectivity index (χ4n) is 5.12. The van der Waals surface area contributed by atoms with Gasteiger partial charge in [-0.25, -0.2) is 0 Å². The van der Waals surface area contributed by atoms with Crippen LogP contribution in [0.3, 0.4) is 0 Å². The molecule has 0 atom stereocenters. The van der Waals surface area contributed by atoms with Crippen molar-refractivity contribution in [2.75, 3.05) is 84.1 Å². The fraction of sp³-hybridized carbons (Fsp3) is 0.500. The Kier molecular flexibility index (Phi) is 8.15. The molecule has 2 aliphatic heterocycles. The molecule has 1 aromatic heterocycles. The van der Waals surface area contributed by atoms with Gasteiger partial charge in [-0.3, -0.25) is 4.90 Å². The SMILES string of the molecule is CCN1CCN(CCOc2cc3c(N4CCNCC4)nnc(Cc4ccccc4)c3cc2OC)CC1. The molecule has 1 N–H and O–H groups in total. The van der Waals surface area contributed by atoms with E-state index in [4.69, 9.17) is 19.7 Å². The molecule has 0 amide bonds. The zero-order valence-electron chi connectivity index (χ0n) is 21.6. The molecule has 36 heavy (non-hydrogen) atoms. The van der Waals surface area contributed by atoms with Crippen LogP contribution >= 0.6 is 0 Å². The second-order valence-electron chi connectivity index (χ2n) is 9.54. The Labute approximate surface area is 214 Å². The van der Waals surface area contributed by atoms with Crippen molar-refractivity contribution < 1.29 is 9.47 Å². The monoisotopic (exact) mass is 490 g/mol. The zero-order valence-corrected chi connectivity index (χ0v) is 21.6. The lowest BCUT2D eigenvalue weighted by Crippen LogP contribution is -2.47. The quantitative estimate of drug-likeness (QED) is 0.491. The first-order valence-electron chi connectivity index (χ1n) is 13.2. The molecule has 5 rings (SSSR count). The summed E-state index contributed by atoms with van der Waals surface area (Å²) in [6.45, 7) is 13.1. The van der Waals surface area contributed by atoms with E-state index in [1.165, 1.54) is 5.56 Å². The highest BCUT2D eigenvalue weighted by molar-refractivity contribution is 5.96. The van der Waals surface area contributed by atoms with E-state index in [0.717, 1.165) is 106 Å². The summed E-state index contributed by atoms with van der Waals surface area (Å²) in [6, 6.07) is 14.6. The summed E-state index contributed by atoms with van der Waals surface area (Å²) < 4.78 is 12.1. The van der Waals surface area contributed by atoms with E-state index in [1.54, 1.807) is 7.11 Å². The molecule has 0 radical (unpaired) electrons. The third-order valence-corrected chi connectivity index (χ3v) is 7.33. The molecule has 8 nitrogen and oxygen atoms in total. The Balaban J connectivity index is 1.42. The van der Waals surface area contributed by atoms with Crippen LogP contribution in [0.4, 0.5) is 5.82 Å². The van der Waals surface area contributed by atoms with Gasteiger partial charge < -0.3 is 24.6 Å². The minimum absolute atomic E-state index is 0.631. The van der Waals surface area contributed by atoms with Crippen molar-refractivity contribution in [2.24, 2.45) is 0 Å². The van der Waals surface area contributed by atoms with Gasteiger partial charge in [0.05, 0.1) is 12.8 Å². The maximum atomic E-state index is 6.33. The lowest BCUT2D eigenvalue weighted by Gasteiger charge is -2.33. The van der Waals surface area contributed by atoms with Crippen molar-refractivity contribution in [1.29, 1.82) is 0 Å². The standard InChI is InChI=1S/C28H38N6O2/c1-3-32-13-15-33(16-14-32)17-18-36-27-21-24-23(20-26(27)35-2)25(19-22-7-5-4-6-8-22)30-31-28(24)34-11-9-29-10-12-34/h4-8,20-21,29H,3,9-19H2,1-2H3. The molecule has 2 aromatic carbocycles. The molecular weight excluding hydrogens is 452 g/mol. The second kappa shape index (κ2) is 11.9. The smallest absolute Gasteiger partial charge is 0.161 e. The first-order valence-corrected chi connectivity index (χ1v) is 13.2. The minimum atomic E-state index is 0.631. The number of benzene rings is 2. The minimum Gasteiger partial charge on any atom is -0.493 e. The molecule has 8 heteroatoms. The Bertz CT molecular complexity index is 1130. The number of nitrogens with zero attached hydrogens (tertiary/aromatic N) is 5. The number of anilines is 1. The van der Waals surface area contributed by atoms with Gasteiger partial charge in [-0.15, -0.1) is 5.10 Å². The number of rotatable bonds is 9. The van der Waals surface area contributed by atoms with Gasteiger partial charge in [0.2, 0.25) is 0 Å². The van der Waals surface area contributed by atoms with Crippen molar-refractivity contribution in [3.8, 4) is 11.5 Å². The molecule has 0 saturated carbocycles. The molecule has 0 bridgehead atoms. The third-order valence-electron chi connectivity index (χ3n) is 7.33. The average molecular weight is 491 g/mol. The molecule has 3 heterocycles. The van der Waals surface area contributed by atoms with Gasteiger partial charge in [0, 0.05) is 76.1 Å². The highest BCUT2D eigenvalue weighted by atomic mass is 16.5. The summed E-state index contributed by atoms with van der Waals surface area (Å²) in [5, 5.41) is 15.0. The molecule has 3 aromatic rings.